The van der Waals surface area contributed by atoms with Crippen molar-refractivity contribution in [3.8, 4) is 10.6 Å². The van der Waals surface area contributed by atoms with Crippen LogP contribution in [-0.2, 0) is 6.42 Å². The van der Waals surface area contributed by atoms with E-state index in [9.17, 15) is 4.39 Å². The molecule has 0 saturated heterocycles. The predicted molar refractivity (Wildman–Crippen MR) is 77.0 cm³/mol. The lowest BCUT2D eigenvalue weighted by Crippen LogP contribution is -2.21. The van der Waals surface area contributed by atoms with E-state index in [-0.39, 0.29) is 5.82 Å². The fourth-order valence-corrected chi connectivity index (χ4v) is 3.94. The Hall–Kier alpha value is -1.26. The number of hydrogen-bond acceptors (Lipinski definition) is 3. The topological polar surface area (TPSA) is 24.9 Å². The maximum absolute atomic E-state index is 13.2. The summed E-state index contributed by atoms with van der Waals surface area (Å²) in [6.45, 7) is 1.94. The van der Waals surface area contributed by atoms with Crippen molar-refractivity contribution in [1.29, 1.82) is 0 Å². The Morgan fingerprint density at radius 3 is 3.00 bits per heavy atom. The van der Waals surface area contributed by atoms with E-state index in [2.05, 4.69) is 5.32 Å². The Balaban J connectivity index is 2.05. The number of nitrogens with zero attached hydrogens (tertiary/aromatic N) is 1. The van der Waals surface area contributed by atoms with Gasteiger partial charge >= 0.3 is 0 Å². The van der Waals surface area contributed by atoms with Crippen LogP contribution >= 0.6 is 11.3 Å². The quantitative estimate of drug-likeness (QED) is 0.901. The average Bonchev–Trinajstić information content (AvgIpc) is 2.81. The van der Waals surface area contributed by atoms with E-state index < -0.39 is 0 Å². The molecule has 0 radical (unpaired) electrons. The van der Waals surface area contributed by atoms with Crippen LogP contribution in [-0.4, -0.2) is 12.0 Å². The van der Waals surface area contributed by atoms with Crippen LogP contribution in [0, 0.1) is 12.7 Å². The van der Waals surface area contributed by atoms with Gasteiger partial charge in [-0.25, -0.2) is 9.37 Å². The lowest BCUT2D eigenvalue weighted by atomic mass is 9.98. The summed E-state index contributed by atoms with van der Waals surface area (Å²) in [5.74, 6) is -0.185. The molecule has 1 unspecified atom stereocenters. The summed E-state index contributed by atoms with van der Waals surface area (Å²) in [5, 5.41) is 4.35. The summed E-state index contributed by atoms with van der Waals surface area (Å²) in [6, 6.07) is 5.29. The van der Waals surface area contributed by atoms with Gasteiger partial charge in [-0.15, -0.1) is 11.3 Å². The minimum atomic E-state index is -0.185. The summed E-state index contributed by atoms with van der Waals surface area (Å²) < 4.78 is 13.2. The molecule has 1 aromatic carbocycles. The van der Waals surface area contributed by atoms with Gasteiger partial charge in [0, 0.05) is 10.4 Å². The van der Waals surface area contributed by atoms with Gasteiger partial charge in [-0.2, -0.15) is 0 Å². The van der Waals surface area contributed by atoms with E-state index in [0.29, 0.717) is 6.04 Å². The Morgan fingerprint density at radius 2 is 2.26 bits per heavy atom. The monoisotopic (exact) mass is 276 g/mol. The number of rotatable bonds is 2. The molecule has 1 atom stereocenters. The van der Waals surface area contributed by atoms with Gasteiger partial charge in [-0.1, -0.05) is 0 Å². The van der Waals surface area contributed by atoms with Crippen LogP contribution < -0.4 is 5.32 Å². The summed E-state index contributed by atoms with van der Waals surface area (Å²) in [5.41, 5.74) is 3.19. The number of thiazole rings is 1. The van der Waals surface area contributed by atoms with Gasteiger partial charge in [0.15, 0.2) is 0 Å². The van der Waals surface area contributed by atoms with Gasteiger partial charge in [-0.3, -0.25) is 0 Å². The fourth-order valence-electron chi connectivity index (χ4n) is 2.68. The van der Waals surface area contributed by atoms with E-state index >= 15 is 0 Å². The van der Waals surface area contributed by atoms with Crippen molar-refractivity contribution in [1.82, 2.24) is 10.3 Å². The second-order valence-electron chi connectivity index (χ2n) is 5.02. The number of aromatic nitrogens is 1. The highest BCUT2D eigenvalue weighted by Gasteiger charge is 2.24. The van der Waals surface area contributed by atoms with Gasteiger partial charge in [0.25, 0.3) is 0 Å². The second kappa shape index (κ2) is 5.02. The van der Waals surface area contributed by atoms with E-state index in [1.165, 1.54) is 23.1 Å². The van der Waals surface area contributed by atoms with Crippen LogP contribution in [0.5, 0.6) is 0 Å². The highest BCUT2D eigenvalue weighted by atomic mass is 32.1. The first-order valence-electron chi connectivity index (χ1n) is 6.62. The number of benzene rings is 1. The number of aryl methyl sites for hydroxylation is 2. The SMILES string of the molecule is CNC1CCCc2sc(-c3ccc(F)cc3C)nc21. The highest BCUT2D eigenvalue weighted by molar-refractivity contribution is 7.15. The molecule has 100 valence electrons. The molecule has 0 amide bonds. The minimum absolute atomic E-state index is 0.185. The maximum Gasteiger partial charge on any atom is 0.124 e. The number of fused-ring (bicyclic) bond motifs is 1. The van der Waals surface area contributed by atoms with Gasteiger partial charge < -0.3 is 5.32 Å². The molecule has 1 aromatic heterocycles. The molecule has 4 heteroatoms. The van der Waals surface area contributed by atoms with Crippen molar-refractivity contribution in [2.75, 3.05) is 7.05 Å². The molecule has 2 aromatic rings. The molecule has 2 nitrogen and oxygen atoms in total. The first-order valence-corrected chi connectivity index (χ1v) is 7.44. The summed E-state index contributed by atoms with van der Waals surface area (Å²) in [4.78, 5) is 6.18. The third kappa shape index (κ3) is 2.30. The van der Waals surface area contributed by atoms with Crippen molar-refractivity contribution in [2.45, 2.75) is 32.2 Å². The lowest BCUT2D eigenvalue weighted by molar-refractivity contribution is 0.490. The van der Waals surface area contributed by atoms with E-state index in [0.717, 1.165) is 29.0 Å². The molecule has 1 aliphatic rings. The maximum atomic E-state index is 13.2. The molecule has 0 saturated carbocycles. The molecule has 0 bridgehead atoms. The Morgan fingerprint density at radius 1 is 1.42 bits per heavy atom. The summed E-state index contributed by atoms with van der Waals surface area (Å²) >= 11 is 1.75. The van der Waals surface area contributed by atoms with Gasteiger partial charge in [-0.05, 0) is 57.0 Å². The van der Waals surface area contributed by atoms with Crippen LogP contribution in [0.3, 0.4) is 0 Å². The number of halogens is 1. The van der Waals surface area contributed by atoms with E-state index in [1.807, 2.05) is 20.0 Å². The first-order chi connectivity index (χ1) is 9.19. The summed E-state index contributed by atoms with van der Waals surface area (Å²) in [7, 11) is 1.99. The highest BCUT2D eigenvalue weighted by Crippen LogP contribution is 2.37. The van der Waals surface area contributed by atoms with Crippen LogP contribution in [0.25, 0.3) is 10.6 Å². The Kier molecular flexibility index (Phi) is 3.37. The van der Waals surface area contributed by atoms with Crippen molar-refractivity contribution >= 4 is 11.3 Å². The Labute approximate surface area is 116 Å². The molecule has 1 aliphatic carbocycles. The van der Waals surface area contributed by atoms with Crippen molar-refractivity contribution in [3.05, 3.63) is 40.2 Å². The average molecular weight is 276 g/mol. The van der Waals surface area contributed by atoms with Crippen molar-refractivity contribution in [2.24, 2.45) is 0 Å². The molecule has 19 heavy (non-hydrogen) atoms. The van der Waals surface area contributed by atoms with Crippen molar-refractivity contribution in [3.63, 3.8) is 0 Å². The molecule has 0 spiro atoms. The zero-order valence-electron chi connectivity index (χ0n) is 11.2. The second-order valence-corrected chi connectivity index (χ2v) is 6.10. The lowest BCUT2D eigenvalue weighted by Gasteiger charge is -2.19. The van der Waals surface area contributed by atoms with Crippen molar-refractivity contribution < 1.29 is 4.39 Å². The van der Waals surface area contributed by atoms with E-state index in [4.69, 9.17) is 4.98 Å². The number of hydrogen-bond donors (Lipinski definition) is 1. The molecular formula is C15H17FN2S. The normalized spacial score (nSPS) is 18.4. The van der Waals surface area contributed by atoms with E-state index in [1.54, 1.807) is 17.4 Å². The van der Waals surface area contributed by atoms with Crippen LogP contribution in [0.1, 0.15) is 35.0 Å². The van der Waals surface area contributed by atoms with Gasteiger partial charge in [0.05, 0.1) is 11.7 Å². The van der Waals surface area contributed by atoms with Crippen LogP contribution in [0.15, 0.2) is 18.2 Å². The zero-order valence-corrected chi connectivity index (χ0v) is 12.0. The summed E-state index contributed by atoms with van der Waals surface area (Å²) in [6.07, 6.45) is 3.48. The van der Waals surface area contributed by atoms with Gasteiger partial charge in [0.1, 0.15) is 10.8 Å². The molecule has 1 N–H and O–H groups in total. The Bertz CT molecular complexity index is 606. The van der Waals surface area contributed by atoms with Gasteiger partial charge in [0.2, 0.25) is 0 Å². The largest absolute Gasteiger partial charge is 0.312 e. The minimum Gasteiger partial charge on any atom is -0.312 e. The van der Waals surface area contributed by atoms with Crippen LogP contribution in [0.2, 0.25) is 0 Å². The standard InChI is InChI=1S/C15H17FN2S/c1-9-8-10(16)6-7-11(9)15-18-14-12(17-2)4-3-5-13(14)19-15/h6-8,12,17H,3-5H2,1-2H3. The molecule has 1 heterocycles. The molecular weight excluding hydrogens is 259 g/mol. The molecule has 3 rings (SSSR count). The third-order valence-electron chi connectivity index (χ3n) is 3.72. The molecule has 0 aliphatic heterocycles. The van der Waals surface area contributed by atoms with Crippen LogP contribution in [0.4, 0.5) is 4.39 Å². The first kappa shape index (κ1) is 12.8. The molecule has 0 fully saturated rings. The fraction of sp³-hybridized carbons (Fsp3) is 0.400. The predicted octanol–water partition coefficient (Wildman–Crippen LogP) is 3.85. The zero-order chi connectivity index (χ0) is 13.4. The number of nitrogens with one attached hydrogen (secondary N) is 1. The smallest absolute Gasteiger partial charge is 0.124 e. The third-order valence-corrected chi connectivity index (χ3v) is 4.89.